The van der Waals surface area contributed by atoms with E-state index in [0.29, 0.717) is 37.3 Å². The number of hydrogen-bond donors (Lipinski definition) is 2. The summed E-state index contributed by atoms with van der Waals surface area (Å²) in [7, 11) is 0. The highest BCUT2D eigenvalue weighted by molar-refractivity contribution is 6.05. The van der Waals surface area contributed by atoms with E-state index < -0.39 is 12.1 Å². The Kier molecular flexibility index (Phi) is 4.91. The van der Waals surface area contributed by atoms with Crippen LogP contribution in [0, 0.1) is 0 Å². The molecule has 1 atom stereocenters. The van der Waals surface area contributed by atoms with E-state index in [1.165, 1.54) is 0 Å². The van der Waals surface area contributed by atoms with Gasteiger partial charge in [-0.25, -0.2) is 4.79 Å². The quantitative estimate of drug-likeness (QED) is 0.880. The number of carbonyl (C=O) groups is 1. The molecule has 2 aromatic carbocycles. The summed E-state index contributed by atoms with van der Waals surface area (Å²) in [5.41, 5.74) is 0.973. The van der Waals surface area contributed by atoms with Crippen LogP contribution in [0.2, 0.25) is 0 Å². The van der Waals surface area contributed by atoms with Gasteiger partial charge < -0.3 is 14.9 Å². The SMILES string of the molecule is O=C(O)c1c(CC(O)CN2CCOCC2)ccc2ccccc12. The van der Waals surface area contributed by atoms with Gasteiger partial charge in [0.05, 0.1) is 24.9 Å². The molecule has 0 bridgehead atoms. The van der Waals surface area contributed by atoms with E-state index in [1.54, 1.807) is 0 Å². The normalized spacial score (nSPS) is 17.3. The maximum atomic E-state index is 11.7. The van der Waals surface area contributed by atoms with Gasteiger partial charge in [-0.2, -0.15) is 0 Å². The maximum absolute atomic E-state index is 11.7. The summed E-state index contributed by atoms with van der Waals surface area (Å²) in [6.45, 7) is 3.52. The van der Waals surface area contributed by atoms with Gasteiger partial charge >= 0.3 is 5.97 Å². The van der Waals surface area contributed by atoms with Crippen LogP contribution in [0.3, 0.4) is 0 Å². The summed E-state index contributed by atoms with van der Waals surface area (Å²) in [5, 5.41) is 21.6. The Morgan fingerprint density at radius 3 is 2.65 bits per heavy atom. The van der Waals surface area contributed by atoms with Gasteiger partial charge in [0.2, 0.25) is 0 Å². The molecule has 0 radical (unpaired) electrons. The number of nitrogens with zero attached hydrogens (tertiary/aromatic N) is 1. The van der Waals surface area contributed by atoms with Crippen LogP contribution in [0.25, 0.3) is 10.8 Å². The highest BCUT2D eigenvalue weighted by Gasteiger charge is 2.19. The molecule has 5 heteroatoms. The third-order valence-corrected chi connectivity index (χ3v) is 4.26. The summed E-state index contributed by atoms with van der Waals surface area (Å²) in [6.07, 6.45) is -0.253. The molecule has 5 nitrogen and oxygen atoms in total. The molecule has 0 saturated carbocycles. The van der Waals surface area contributed by atoms with E-state index in [4.69, 9.17) is 4.74 Å². The van der Waals surface area contributed by atoms with Crippen LogP contribution < -0.4 is 0 Å². The third-order valence-electron chi connectivity index (χ3n) is 4.26. The van der Waals surface area contributed by atoms with Crippen molar-refractivity contribution < 1.29 is 19.7 Å². The summed E-state index contributed by atoms with van der Waals surface area (Å²) in [6, 6.07) is 11.2. The third kappa shape index (κ3) is 3.69. The van der Waals surface area contributed by atoms with E-state index in [0.717, 1.165) is 23.9 Å². The zero-order valence-electron chi connectivity index (χ0n) is 12.9. The fourth-order valence-electron chi connectivity index (χ4n) is 3.14. The molecule has 0 spiro atoms. The van der Waals surface area contributed by atoms with Crippen molar-refractivity contribution in [2.75, 3.05) is 32.8 Å². The number of aliphatic hydroxyl groups is 1. The first-order valence-corrected chi connectivity index (χ1v) is 7.87. The predicted molar refractivity (Wildman–Crippen MR) is 87.9 cm³/mol. The molecule has 1 unspecified atom stereocenters. The monoisotopic (exact) mass is 315 g/mol. The molecular weight excluding hydrogens is 294 g/mol. The van der Waals surface area contributed by atoms with E-state index in [9.17, 15) is 15.0 Å². The van der Waals surface area contributed by atoms with E-state index in [-0.39, 0.29) is 0 Å². The maximum Gasteiger partial charge on any atom is 0.336 e. The minimum absolute atomic E-state index is 0.295. The van der Waals surface area contributed by atoms with Crippen LogP contribution in [0.5, 0.6) is 0 Å². The Hall–Kier alpha value is -1.95. The van der Waals surface area contributed by atoms with Crippen molar-refractivity contribution in [1.82, 2.24) is 4.90 Å². The number of carboxylic acids is 1. The predicted octanol–water partition coefficient (Wildman–Crippen LogP) is 1.77. The van der Waals surface area contributed by atoms with E-state index in [2.05, 4.69) is 4.90 Å². The van der Waals surface area contributed by atoms with Crippen LogP contribution in [-0.4, -0.2) is 60.0 Å². The fraction of sp³-hybridized carbons (Fsp3) is 0.389. The molecule has 3 rings (SSSR count). The lowest BCUT2D eigenvalue weighted by Gasteiger charge is -2.28. The summed E-state index contributed by atoms with van der Waals surface area (Å²) in [4.78, 5) is 13.8. The van der Waals surface area contributed by atoms with Gasteiger partial charge in [0.25, 0.3) is 0 Å². The van der Waals surface area contributed by atoms with Crippen molar-refractivity contribution >= 4 is 16.7 Å². The second-order valence-electron chi connectivity index (χ2n) is 5.90. The smallest absolute Gasteiger partial charge is 0.336 e. The number of aliphatic hydroxyl groups excluding tert-OH is 1. The number of hydrogen-bond acceptors (Lipinski definition) is 4. The van der Waals surface area contributed by atoms with Crippen molar-refractivity contribution in [3.05, 3.63) is 47.5 Å². The lowest BCUT2D eigenvalue weighted by Crippen LogP contribution is -2.41. The van der Waals surface area contributed by atoms with E-state index >= 15 is 0 Å². The molecule has 0 amide bonds. The van der Waals surface area contributed by atoms with Crippen molar-refractivity contribution in [2.45, 2.75) is 12.5 Å². The molecular formula is C18H21NO4. The van der Waals surface area contributed by atoms with Gasteiger partial charge in [-0.05, 0) is 16.3 Å². The Morgan fingerprint density at radius 2 is 1.91 bits per heavy atom. The average Bonchev–Trinajstić information content (AvgIpc) is 2.55. The Balaban J connectivity index is 1.81. The molecule has 1 heterocycles. The number of β-amino-alcohol motifs (C(OH)–C–C–N with tert-alkyl or cyclic N) is 1. The number of ether oxygens (including phenoxy) is 1. The van der Waals surface area contributed by atoms with Crippen LogP contribution in [0.4, 0.5) is 0 Å². The number of fused-ring (bicyclic) bond motifs is 1. The number of benzene rings is 2. The molecule has 1 fully saturated rings. The first kappa shape index (κ1) is 15.9. The van der Waals surface area contributed by atoms with Crippen LogP contribution >= 0.6 is 0 Å². The molecule has 0 aliphatic carbocycles. The van der Waals surface area contributed by atoms with Crippen LogP contribution in [0.1, 0.15) is 15.9 Å². The second kappa shape index (κ2) is 7.08. The minimum atomic E-state index is -0.949. The summed E-state index contributed by atoms with van der Waals surface area (Å²) >= 11 is 0. The van der Waals surface area contributed by atoms with Gasteiger partial charge in [0.1, 0.15) is 0 Å². The van der Waals surface area contributed by atoms with Crippen molar-refractivity contribution in [1.29, 1.82) is 0 Å². The van der Waals surface area contributed by atoms with Gasteiger partial charge in [0, 0.05) is 26.1 Å². The number of rotatable bonds is 5. The summed E-state index contributed by atoms with van der Waals surface area (Å²) < 4.78 is 5.30. The largest absolute Gasteiger partial charge is 0.478 e. The molecule has 2 N–H and O–H groups in total. The van der Waals surface area contributed by atoms with Gasteiger partial charge in [0.15, 0.2) is 0 Å². The lowest BCUT2D eigenvalue weighted by molar-refractivity contribution is 0.0149. The fourth-order valence-corrected chi connectivity index (χ4v) is 3.14. The standard InChI is InChI=1S/C18H21NO4/c20-15(12-19-7-9-23-10-8-19)11-14-6-5-13-3-1-2-4-16(13)17(14)18(21)22/h1-6,15,20H,7-12H2,(H,21,22). The van der Waals surface area contributed by atoms with Crippen LogP contribution in [-0.2, 0) is 11.2 Å². The zero-order valence-corrected chi connectivity index (χ0v) is 12.9. The number of carboxylic acid groups (broad SMARTS) is 1. The zero-order chi connectivity index (χ0) is 16.2. The second-order valence-corrected chi connectivity index (χ2v) is 5.90. The van der Waals surface area contributed by atoms with E-state index in [1.807, 2.05) is 36.4 Å². The number of morpholine rings is 1. The first-order valence-electron chi connectivity index (χ1n) is 7.87. The molecule has 2 aromatic rings. The van der Waals surface area contributed by atoms with Gasteiger partial charge in [-0.1, -0.05) is 36.4 Å². The summed E-state index contributed by atoms with van der Waals surface area (Å²) in [5.74, 6) is -0.949. The average molecular weight is 315 g/mol. The number of aromatic carboxylic acids is 1. The Bertz CT molecular complexity index is 694. The molecule has 1 saturated heterocycles. The Morgan fingerprint density at radius 1 is 1.17 bits per heavy atom. The first-order chi connectivity index (χ1) is 11.1. The Labute approximate surface area is 135 Å². The molecule has 0 aromatic heterocycles. The van der Waals surface area contributed by atoms with Gasteiger partial charge in [-0.3, -0.25) is 4.90 Å². The van der Waals surface area contributed by atoms with Crippen molar-refractivity contribution in [2.24, 2.45) is 0 Å². The molecule has 1 aliphatic heterocycles. The molecule has 23 heavy (non-hydrogen) atoms. The highest BCUT2D eigenvalue weighted by Crippen LogP contribution is 2.24. The van der Waals surface area contributed by atoms with Gasteiger partial charge in [-0.15, -0.1) is 0 Å². The van der Waals surface area contributed by atoms with Crippen molar-refractivity contribution in [3.8, 4) is 0 Å². The molecule has 1 aliphatic rings. The minimum Gasteiger partial charge on any atom is -0.478 e. The lowest BCUT2D eigenvalue weighted by atomic mass is 9.95. The topological polar surface area (TPSA) is 70.0 Å². The molecule has 122 valence electrons. The van der Waals surface area contributed by atoms with Crippen LogP contribution in [0.15, 0.2) is 36.4 Å². The van der Waals surface area contributed by atoms with Crippen molar-refractivity contribution in [3.63, 3.8) is 0 Å². The highest BCUT2D eigenvalue weighted by atomic mass is 16.5.